The zero-order valence-electron chi connectivity index (χ0n) is 19.1. The Kier molecular flexibility index (Phi) is 6.29. The zero-order chi connectivity index (χ0) is 22.8. The average molecular weight is 424 g/mol. The first kappa shape index (κ1) is 22.3. The number of tetrazole rings is 1. The van der Waals surface area contributed by atoms with Gasteiger partial charge in [0.1, 0.15) is 18.0 Å². The first-order valence-corrected chi connectivity index (χ1v) is 10.1. The Morgan fingerprint density at radius 3 is 2.45 bits per heavy atom. The Hall–Kier alpha value is -3.42. The summed E-state index contributed by atoms with van der Waals surface area (Å²) in [6.45, 7) is 12.1. The van der Waals surface area contributed by atoms with Crippen molar-refractivity contribution in [1.82, 2.24) is 19.8 Å². The quantitative estimate of drug-likeness (QED) is 0.446. The zero-order valence-corrected chi connectivity index (χ0v) is 19.1. The summed E-state index contributed by atoms with van der Waals surface area (Å²) in [4.78, 5) is 17.8. The number of ether oxygens (including phenoxy) is 1. The van der Waals surface area contributed by atoms with Gasteiger partial charge < -0.3 is 9.57 Å². The molecule has 164 valence electrons. The van der Waals surface area contributed by atoms with E-state index in [1.54, 1.807) is 7.05 Å². The van der Waals surface area contributed by atoms with E-state index in [-0.39, 0.29) is 11.3 Å². The van der Waals surface area contributed by atoms with Gasteiger partial charge in [0.2, 0.25) is 0 Å². The highest BCUT2D eigenvalue weighted by molar-refractivity contribution is 5.98. The molecule has 8 nitrogen and oxygen atoms in total. The Morgan fingerprint density at radius 1 is 1.10 bits per heavy atom. The van der Waals surface area contributed by atoms with Gasteiger partial charge in [0.05, 0.1) is 11.4 Å². The van der Waals surface area contributed by atoms with Crippen molar-refractivity contribution in [2.75, 3.05) is 0 Å². The fraction of sp³-hybridized carbons (Fsp3) is 0.391. The molecule has 0 aliphatic heterocycles. The van der Waals surface area contributed by atoms with Crippen molar-refractivity contribution in [2.45, 2.75) is 53.8 Å². The smallest absolute Gasteiger partial charge is 0.368 e. The topological polar surface area (TPSA) is 83.5 Å². The molecule has 0 unspecified atom stereocenters. The van der Waals surface area contributed by atoms with Crippen molar-refractivity contribution in [1.29, 1.82) is 0 Å². The Bertz CT molecular complexity index is 1170. The number of aryl methyl sites for hydroxylation is 3. The van der Waals surface area contributed by atoms with Gasteiger partial charge in [0.15, 0.2) is 0 Å². The predicted molar refractivity (Wildman–Crippen MR) is 120 cm³/mol. The van der Waals surface area contributed by atoms with Crippen LogP contribution in [-0.2, 0) is 18.5 Å². The summed E-state index contributed by atoms with van der Waals surface area (Å²) in [6.07, 6.45) is 0. The second-order valence-electron chi connectivity index (χ2n) is 8.52. The van der Waals surface area contributed by atoms with Crippen LogP contribution in [0.1, 0.15) is 49.9 Å². The number of benzene rings is 2. The Morgan fingerprint density at radius 2 is 1.84 bits per heavy atom. The van der Waals surface area contributed by atoms with Crippen LogP contribution in [0, 0.1) is 13.8 Å². The lowest BCUT2D eigenvalue weighted by Crippen LogP contribution is -2.23. The normalized spacial score (nSPS) is 12.2. The van der Waals surface area contributed by atoms with E-state index in [2.05, 4.69) is 15.6 Å². The maximum atomic E-state index is 12.3. The van der Waals surface area contributed by atoms with Gasteiger partial charge in [-0.2, -0.15) is 9.36 Å². The maximum absolute atomic E-state index is 12.3. The van der Waals surface area contributed by atoms with Crippen LogP contribution in [0.4, 0.5) is 0 Å². The summed E-state index contributed by atoms with van der Waals surface area (Å²) in [5, 5.41) is 12.0. The standard InChI is InChI=1S/C23H29N5O3/c1-15-9-8-10-20(28-22(29)27(7)25-26-28)19(15)14-30-21-12-11-18(13-16(21)2)17(3)24-31-23(4,5)6/h8-13H,14H2,1-7H3/b24-17-. The third-order valence-corrected chi connectivity index (χ3v) is 4.76. The van der Waals surface area contributed by atoms with Crippen LogP contribution in [0.15, 0.2) is 46.3 Å². The van der Waals surface area contributed by atoms with Crippen LogP contribution in [0.25, 0.3) is 5.69 Å². The molecule has 2 aromatic carbocycles. The van der Waals surface area contributed by atoms with Gasteiger partial charge >= 0.3 is 5.69 Å². The van der Waals surface area contributed by atoms with E-state index >= 15 is 0 Å². The molecule has 0 atom stereocenters. The summed E-state index contributed by atoms with van der Waals surface area (Å²) in [7, 11) is 1.57. The van der Waals surface area contributed by atoms with E-state index in [0.717, 1.165) is 33.7 Å². The molecule has 0 amide bonds. The summed E-state index contributed by atoms with van der Waals surface area (Å²) in [5.41, 5.74) is 4.65. The monoisotopic (exact) mass is 423 g/mol. The number of oxime groups is 1. The second kappa shape index (κ2) is 8.75. The van der Waals surface area contributed by atoms with Crippen LogP contribution in [0.2, 0.25) is 0 Å². The Labute approximate surface area is 182 Å². The number of hydrogen-bond donors (Lipinski definition) is 0. The number of aromatic nitrogens is 4. The highest BCUT2D eigenvalue weighted by Crippen LogP contribution is 2.24. The molecular formula is C23H29N5O3. The third-order valence-electron chi connectivity index (χ3n) is 4.76. The summed E-state index contributed by atoms with van der Waals surface area (Å²) in [6, 6.07) is 11.6. The molecule has 3 aromatic rings. The van der Waals surface area contributed by atoms with E-state index in [1.165, 1.54) is 9.36 Å². The highest BCUT2D eigenvalue weighted by Gasteiger charge is 2.15. The van der Waals surface area contributed by atoms with Crippen LogP contribution in [0.3, 0.4) is 0 Å². The van der Waals surface area contributed by atoms with Gasteiger partial charge in [-0.1, -0.05) is 17.3 Å². The molecule has 1 heterocycles. The Balaban J connectivity index is 1.83. The largest absolute Gasteiger partial charge is 0.489 e. The molecule has 0 saturated heterocycles. The SMILES string of the molecule is C/C(=N/OC(C)(C)C)c1ccc(OCc2c(C)cccc2-n2nnn(C)c2=O)c(C)c1. The lowest BCUT2D eigenvalue weighted by Gasteiger charge is -2.17. The summed E-state index contributed by atoms with van der Waals surface area (Å²) >= 11 is 0. The number of rotatable bonds is 6. The predicted octanol–water partition coefficient (Wildman–Crippen LogP) is 3.70. The van der Waals surface area contributed by atoms with Gasteiger partial charge in [0, 0.05) is 12.6 Å². The number of nitrogens with zero attached hydrogens (tertiary/aromatic N) is 5. The van der Waals surface area contributed by atoms with Gasteiger partial charge in [0.25, 0.3) is 0 Å². The number of hydrogen-bond acceptors (Lipinski definition) is 6. The highest BCUT2D eigenvalue weighted by atomic mass is 16.6. The van der Waals surface area contributed by atoms with Gasteiger partial charge in [-0.3, -0.25) is 0 Å². The molecule has 0 spiro atoms. The first-order valence-electron chi connectivity index (χ1n) is 10.1. The van der Waals surface area contributed by atoms with E-state index < -0.39 is 0 Å². The lowest BCUT2D eigenvalue weighted by atomic mass is 10.1. The first-order chi connectivity index (χ1) is 14.6. The summed E-state index contributed by atoms with van der Waals surface area (Å²) < 4.78 is 8.61. The molecule has 0 aliphatic rings. The molecule has 3 rings (SSSR count). The third kappa shape index (κ3) is 5.20. The molecule has 0 N–H and O–H groups in total. The molecule has 31 heavy (non-hydrogen) atoms. The molecule has 1 aromatic heterocycles. The van der Waals surface area contributed by atoms with Crippen molar-refractivity contribution < 1.29 is 9.57 Å². The molecule has 0 saturated carbocycles. The molecule has 0 fully saturated rings. The van der Waals surface area contributed by atoms with E-state index in [9.17, 15) is 4.79 Å². The van der Waals surface area contributed by atoms with Crippen LogP contribution < -0.4 is 10.4 Å². The second-order valence-corrected chi connectivity index (χ2v) is 8.52. The molecule has 0 aliphatic carbocycles. The fourth-order valence-corrected chi connectivity index (χ4v) is 2.98. The van der Waals surface area contributed by atoms with Gasteiger partial charge in [-0.05, 0) is 92.9 Å². The molecule has 0 radical (unpaired) electrons. The minimum absolute atomic E-state index is 0.297. The van der Waals surface area contributed by atoms with Crippen molar-refractivity contribution in [3.63, 3.8) is 0 Å². The minimum atomic E-state index is -0.338. The van der Waals surface area contributed by atoms with E-state index in [0.29, 0.717) is 12.3 Å². The van der Waals surface area contributed by atoms with Crippen molar-refractivity contribution in [3.05, 3.63) is 69.1 Å². The minimum Gasteiger partial charge on any atom is -0.489 e. The molecule has 8 heteroatoms. The van der Waals surface area contributed by atoms with E-state index in [1.807, 2.05) is 77.9 Å². The van der Waals surface area contributed by atoms with Gasteiger partial charge in [-0.15, -0.1) is 0 Å². The van der Waals surface area contributed by atoms with Crippen molar-refractivity contribution in [3.8, 4) is 11.4 Å². The average Bonchev–Trinajstić information content (AvgIpc) is 3.03. The van der Waals surface area contributed by atoms with Crippen LogP contribution in [0.5, 0.6) is 5.75 Å². The molecular weight excluding hydrogens is 394 g/mol. The lowest BCUT2D eigenvalue weighted by molar-refractivity contribution is 0.000954. The van der Waals surface area contributed by atoms with E-state index in [4.69, 9.17) is 9.57 Å². The molecule has 0 bridgehead atoms. The van der Waals surface area contributed by atoms with Crippen molar-refractivity contribution >= 4 is 5.71 Å². The van der Waals surface area contributed by atoms with Crippen LogP contribution in [-0.4, -0.2) is 31.1 Å². The van der Waals surface area contributed by atoms with Gasteiger partial charge in [-0.25, -0.2) is 4.79 Å². The van der Waals surface area contributed by atoms with Crippen LogP contribution >= 0.6 is 0 Å². The fourth-order valence-electron chi connectivity index (χ4n) is 2.98. The van der Waals surface area contributed by atoms with Crippen molar-refractivity contribution in [2.24, 2.45) is 12.2 Å². The summed E-state index contributed by atoms with van der Waals surface area (Å²) in [5.74, 6) is 0.758. The maximum Gasteiger partial charge on any atom is 0.368 e.